The lowest BCUT2D eigenvalue weighted by Crippen LogP contribution is -1.93. The number of benzene rings is 1. The number of nitrogen functional groups attached to an aromatic ring is 1. The van der Waals surface area contributed by atoms with Gasteiger partial charge in [0.2, 0.25) is 0 Å². The number of hydrogen-bond acceptors (Lipinski definition) is 1. The topological polar surface area (TPSA) is 26.0 Å². The van der Waals surface area contributed by atoms with Gasteiger partial charge in [0.25, 0.3) is 0 Å². The minimum absolute atomic E-state index is 0.0446. The number of hydrogen-bond donors (Lipinski definition) is 1. The maximum Gasteiger partial charge on any atom is 0.156 e. The fourth-order valence-electron chi connectivity index (χ4n) is 0.591. The zero-order valence-electron chi connectivity index (χ0n) is 5.17. The van der Waals surface area contributed by atoms with E-state index in [9.17, 15) is 8.78 Å². The predicted molar refractivity (Wildman–Crippen MR) is 46.2 cm³/mol. The summed E-state index contributed by atoms with van der Waals surface area (Å²) in [4.78, 5) is 0. The van der Waals surface area contributed by atoms with Crippen LogP contribution in [0, 0.1) is 11.6 Å². The first kappa shape index (κ1) is 8.93. The van der Waals surface area contributed by atoms with Crippen molar-refractivity contribution in [1.82, 2.24) is 0 Å². The first-order valence-corrected chi connectivity index (χ1v) is 4.21. The molecule has 0 unspecified atom stereocenters. The molecule has 0 heterocycles. The van der Waals surface area contributed by atoms with Crippen molar-refractivity contribution in [2.24, 2.45) is 0 Å². The fraction of sp³-hybridized carbons (Fsp3) is 0. The van der Waals surface area contributed by atoms with Gasteiger partial charge in [0, 0.05) is 0 Å². The highest BCUT2D eigenvalue weighted by atomic mass is 79.9. The van der Waals surface area contributed by atoms with E-state index in [0.717, 1.165) is 6.07 Å². The Morgan fingerprint density at radius 1 is 1.18 bits per heavy atom. The van der Waals surface area contributed by atoms with Crippen molar-refractivity contribution in [3.8, 4) is 0 Å². The van der Waals surface area contributed by atoms with Crippen LogP contribution in [0.4, 0.5) is 14.5 Å². The maximum atomic E-state index is 12.8. The Hall–Kier alpha value is -0.160. The van der Waals surface area contributed by atoms with Gasteiger partial charge in [0.05, 0.1) is 14.6 Å². The van der Waals surface area contributed by atoms with Gasteiger partial charge < -0.3 is 5.73 Å². The smallest absolute Gasteiger partial charge is 0.156 e. The minimum atomic E-state index is -0.720. The van der Waals surface area contributed by atoms with Crippen molar-refractivity contribution >= 4 is 37.5 Å². The molecule has 1 aromatic carbocycles. The molecule has 0 spiro atoms. The predicted octanol–water partition coefficient (Wildman–Crippen LogP) is 3.07. The summed E-state index contributed by atoms with van der Waals surface area (Å²) in [6, 6.07) is 1.04. The van der Waals surface area contributed by atoms with Gasteiger partial charge in [-0.1, -0.05) is 0 Å². The largest absolute Gasteiger partial charge is 0.398 e. The second kappa shape index (κ2) is 3.06. The van der Waals surface area contributed by atoms with Crippen molar-refractivity contribution in [2.45, 2.75) is 0 Å². The third-order valence-corrected chi connectivity index (χ3v) is 2.66. The Kier molecular flexibility index (Phi) is 2.49. The summed E-state index contributed by atoms with van der Waals surface area (Å²) >= 11 is 5.60. The average molecular weight is 287 g/mol. The molecule has 0 saturated carbocycles. The molecule has 11 heavy (non-hydrogen) atoms. The van der Waals surface area contributed by atoms with E-state index in [0.29, 0.717) is 0 Å². The minimum Gasteiger partial charge on any atom is -0.398 e. The normalized spacial score (nSPS) is 10.2. The van der Waals surface area contributed by atoms with Crippen LogP contribution in [0.15, 0.2) is 15.0 Å². The van der Waals surface area contributed by atoms with Gasteiger partial charge in [-0.15, -0.1) is 0 Å². The second-order valence-electron chi connectivity index (χ2n) is 1.89. The first-order chi connectivity index (χ1) is 5.04. The molecule has 0 aliphatic rings. The van der Waals surface area contributed by atoms with E-state index in [-0.39, 0.29) is 14.6 Å². The van der Waals surface area contributed by atoms with Crippen LogP contribution in [0.2, 0.25) is 0 Å². The molecule has 0 aliphatic carbocycles. The Balaban J connectivity index is 3.46. The molecule has 1 aromatic rings. The van der Waals surface area contributed by atoms with Crippen molar-refractivity contribution in [2.75, 3.05) is 5.73 Å². The van der Waals surface area contributed by atoms with Gasteiger partial charge in [-0.2, -0.15) is 0 Å². The van der Waals surface area contributed by atoms with Crippen molar-refractivity contribution < 1.29 is 8.78 Å². The van der Waals surface area contributed by atoms with Crippen LogP contribution < -0.4 is 5.73 Å². The average Bonchev–Trinajstić information content (AvgIpc) is 1.97. The molecule has 0 bridgehead atoms. The van der Waals surface area contributed by atoms with Gasteiger partial charge in [-0.25, -0.2) is 8.78 Å². The standard InChI is InChI=1S/C6H3Br2F2N/c7-4-2(9)1-3(11)5(8)6(4)10/h1H,11H2. The lowest BCUT2D eigenvalue weighted by molar-refractivity contribution is 0.569. The van der Waals surface area contributed by atoms with Crippen molar-refractivity contribution in [3.63, 3.8) is 0 Å². The molecule has 0 atom stereocenters. The molecule has 1 rings (SSSR count). The molecule has 60 valence electrons. The van der Waals surface area contributed by atoms with E-state index in [1.807, 2.05) is 0 Å². The van der Waals surface area contributed by atoms with Crippen LogP contribution in [0.1, 0.15) is 0 Å². The number of nitrogens with two attached hydrogens (primary N) is 1. The van der Waals surface area contributed by atoms with E-state index >= 15 is 0 Å². The Morgan fingerprint density at radius 2 is 1.73 bits per heavy atom. The number of anilines is 1. The van der Waals surface area contributed by atoms with Gasteiger partial charge in [-0.3, -0.25) is 0 Å². The van der Waals surface area contributed by atoms with E-state index in [4.69, 9.17) is 5.73 Å². The van der Waals surface area contributed by atoms with E-state index in [1.165, 1.54) is 0 Å². The quantitative estimate of drug-likeness (QED) is 0.443. The summed E-state index contributed by atoms with van der Waals surface area (Å²) < 4.78 is 25.3. The van der Waals surface area contributed by atoms with Gasteiger partial charge in [0.1, 0.15) is 5.82 Å². The molecule has 0 fully saturated rings. The van der Waals surface area contributed by atoms with Crippen LogP contribution in [-0.2, 0) is 0 Å². The molecule has 0 saturated heterocycles. The lowest BCUT2D eigenvalue weighted by Gasteiger charge is -2.02. The Bertz CT molecular complexity index is 275. The maximum absolute atomic E-state index is 12.8. The molecule has 5 heteroatoms. The van der Waals surface area contributed by atoms with E-state index in [1.54, 1.807) is 0 Å². The zero-order valence-corrected chi connectivity index (χ0v) is 8.34. The fourth-order valence-corrected chi connectivity index (χ4v) is 1.48. The summed E-state index contributed by atoms with van der Waals surface area (Å²) in [7, 11) is 0. The second-order valence-corrected chi connectivity index (χ2v) is 3.48. The number of halogens is 4. The van der Waals surface area contributed by atoms with Gasteiger partial charge in [0.15, 0.2) is 5.82 Å². The summed E-state index contributed by atoms with van der Waals surface area (Å²) in [5.74, 6) is -1.43. The summed E-state index contributed by atoms with van der Waals surface area (Å²) in [6.07, 6.45) is 0. The van der Waals surface area contributed by atoms with Crippen LogP contribution in [0.25, 0.3) is 0 Å². The zero-order chi connectivity index (χ0) is 8.59. The molecule has 0 radical (unpaired) electrons. The van der Waals surface area contributed by atoms with E-state index in [2.05, 4.69) is 31.9 Å². The third kappa shape index (κ3) is 1.54. The monoisotopic (exact) mass is 285 g/mol. The van der Waals surface area contributed by atoms with Crippen molar-refractivity contribution in [1.29, 1.82) is 0 Å². The molecule has 1 nitrogen and oxygen atoms in total. The third-order valence-electron chi connectivity index (χ3n) is 1.13. The first-order valence-electron chi connectivity index (χ1n) is 2.62. The lowest BCUT2D eigenvalue weighted by atomic mass is 10.3. The molecule has 0 amide bonds. The van der Waals surface area contributed by atoms with Crippen LogP contribution in [0.3, 0.4) is 0 Å². The summed E-state index contributed by atoms with van der Waals surface area (Å²) in [6.45, 7) is 0. The number of rotatable bonds is 0. The SMILES string of the molecule is Nc1cc(F)c(Br)c(F)c1Br. The highest BCUT2D eigenvalue weighted by Crippen LogP contribution is 2.30. The molecule has 2 N–H and O–H groups in total. The summed E-state index contributed by atoms with van der Waals surface area (Å²) in [5.41, 5.74) is 5.29. The molecule has 0 aliphatic heterocycles. The van der Waals surface area contributed by atoms with Crippen molar-refractivity contribution in [3.05, 3.63) is 26.6 Å². The van der Waals surface area contributed by atoms with E-state index < -0.39 is 11.6 Å². The highest BCUT2D eigenvalue weighted by molar-refractivity contribution is 9.11. The van der Waals surface area contributed by atoms with Crippen LogP contribution in [-0.4, -0.2) is 0 Å². The highest BCUT2D eigenvalue weighted by Gasteiger charge is 2.12. The Morgan fingerprint density at radius 3 is 2.27 bits per heavy atom. The molecule has 0 aromatic heterocycles. The Labute approximate surface area is 78.8 Å². The summed E-state index contributed by atoms with van der Waals surface area (Å²) in [5, 5.41) is 0. The molecular formula is C6H3Br2F2N. The van der Waals surface area contributed by atoms with Crippen LogP contribution >= 0.6 is 31.9 Å². The molecular weight excluding hydrogens is 284 g/mol. The van der Waals surface area contributed by atoms with Gasteiger partial charge in [-0.05, 0) is 37.9 Å². The van der Waals surface area contributed by atoms with Crippen LogP contribution in [0.5, 0.6) is 0 Å². The van der Waals surface area contributed by atoms with Gasteiger partial charge >= 0.3 is 0 Å².